The van der Waals surface area contributed by atoms with Crippen LogP contribution in [-0.4, -0.2) is 16.8 Å². The number of nitrogens with one attached hydrogen (secondary N) is 1. The van der Waals surface area contributed by atoms with Crippen molar-refractivity contribution in [3.63, 3.8) is 0 Å². The van der Waals surface area contributed by atoms with Crippen LogP contribution in [0.4, 0.5) is 0 Å². The molecule has 0 aromatic rings. The normalized spacial score (nSPS) is 15.0. The van der Waals surface area contributed by atoms with Crippen molar-refractivity contribution in [1.82, 2.24) is 5.32 Å². The van der Waals surface area contributed by atoms with Gasteiger partial charge in [0.05, 0.1) is 0 Å². The van der Waals surface area contributed by atoms with Gasteiger partial charge in [0.25, 0.3) is 0 Å². The van der Waals surface area contributed by atoms with Crippen molar-refractivity contribution in [2.45, 2.75) is 25.6 Å². The summed E-state index contributed by atoms with van der Waals surface area (Å²) >= 11 is 5.12. The van der Waals surface area contributed by atoms with Crippen molar-refractivity contribution in [2.75, 3.05) is 0 Å². The molecule has 0 aliphatic heterocycles. The number of aliphatic hydroxyl groups excluding tert-OH is 1. The van der Waals surface area contributed by atoms with Crippen LogP contribution in [0.2, 0.25) is 0 Å². The molecule has 0 bridgehead atoms. The second-order valence-electron chi connectivity index (χ2n) is 1.66. The quantitative estimate of drug-likeness (QED) is 0.319. The molecule has 3 heteroatoms. The monoisotopic (exact) mass is 123 g/mol. The summed E-state index contributed by atoms with van der Waals surface area (Å²) < 4.78 is 0. The third-order valence-corrected chi connectivity index (χ3v) is 0.597. The van der Waals surface area contributed by atoms with E-state index in [0.717, 1.165) is 0 Å². The molecular formula is C4H10ClNO. The first-order chi connectivity index (χ1) is 3.13. The molecule has 7 heavy (non-hydrogen) atoms. The second-order valence-corrected chi connectivity index (χ2v) is 2.07. The predicted molar refractivity (Wildman–Crippen MR) is 30.1 cm³/mol. The van der Waals surface area contributed by atoms with E-state index < -0.39 is 5.69 Å². The van der Waals surface area contributed by atoms with E-state index in [4.69, 9.17) is 16.7 Å². The van der Waals surface area contributed by atoms with Gasteiger partial charge >= 0.3 is 0 Å². The van der Waals surface area contributed by atoms with E-state index in [1.165, 1.54) is 0 Å². The number of halogens is 1. The average molecular weight is 124 g/mol. The lowest BCUT2D eigenvalue weighted by Gasteiger charge is -2.07. The fourth-order valence-electron chi connectivity index (χ4n) is 0.275. The first-order valence-electron chi connectivity index (χ1n) is 2.21. The van der Waals surface area contributed by atoms with Gasteiger partial charge in [-0.25, -0.2) is 0 Å². The standard InChI is InChI=1S/C4H10ClNO/c1-3(2)6-4(5)7/h3-4,6-7H,1-2H3. The largest absolute Gasteiger partial charge is 0.365 e. The van der Waals surface area contributed by atoms with Crippen LogP contribution in [0, 0.1) is 0 Å². The molecule has 1 atom stereocenters. The Balaban J connectivity index is 2.95. The Hall–Kier alpha value is 0.210. The van der Waals surface area contributed by atoms with Crippen LogP contribution in [0.5, 0.6) is 0 Å². The highest BCUT2D eigenvalue weighted by Crippen LogP contribution is 1.85. The summed E-state index contributed by atoms with van der Waals surface area (Å²) in [7, 11) is 0. The van der Waals surface area contributed by atoms with Gasteiger partial charge in [-0.15, -0.1) is 0 Å². The van der Waals surface area contributed by atoms with Gasteiger partial charge in [0.1, 0.15) is 0 Å². The van der Waals surface area contributed by atoms with Crippen LogP contribution in [-0.2, 0) is 0 Å². The van der Waals surface area contributed by atoms with Gasteiger partial charge in [0, 0.05) is 6.04 Å². The smallest absolute Gasteiger partial charge is 0.182 e. The van der Waals surface area contributed by atoms with Crippen LogP contribution < -0.4 is 5.32 Å². The minimum atomic E-state index is -0.903. The molecule has 0 saturated heterocycles. The lowest BCUT2D eigenvalue weighted by Crippen LogP contribution is -2.29. The number of hydrogen-bond acceptors (Lipinski definition) is 2. The van der Waals surface area contributed by atoms with Crippen molar-refractivity contribution in [1.29, 1.82) is 0 Å². The molecule has 0 aliphatic rings. The topological polar surface area (TPSA) is 32.3 Å². The van der Waals surface area contributed by atoms with Crippen LogP contribution >= 0.6 is 11.6 Å². The summed E-state index contributed by atoms with van der Waals surface area (Å²) in [6, 6.07) is 0.243. The van der Waals surface area contributed by atoms with E-state index in [1.54, 1.807) is 0 Å². The third-order valence-electron chi connectivity index (χ3n) is 0.471. The molecule has 2 nitrogen and oxygen atoms in total. The SMILES string of the molecule is CC(C)NC(O)Cl. The molecule has 0 radical (unpaired) electrons. The zero-order chi connectivity index (χ0) is 5.86. The average Bonchev–Trinajstić information content (AvgIpc) is 1.27. The molecule has 0 aliphatic carbocycles. The molecule has 0 heterocycles. The van der Waals surface area contributed by atoms with E-state index in [9.17, 15) is 0 Å². The molecule has 0 aromatic heterocycles. The molecule has 0 aromatic carbocycles. The molecule has 44 valence electrons. The van der Waals surface area contributed by atoms with Gasteiger partial charge in [-0.2, -0.15) is 0 Å². The summed E-state index contributed by atoms with van der Waals surface area (Å²) in [6.07, 6.45) is 0. The van der Waals surface area contributed by atoms with E-state index in [-0.39, 0.29) is 6.04 Å². The lowest BCUT2D eigenvalue weighted by atomic mass is 10.4. The highest BCUT2D eigenvalue weighted by Gasteiger charge is 1.96. The van der Waals surface area contributed by atoms with Crippen molar-refractivity contribution in [2.24, 2.45) is 0 Å². The summed E-state index contributed by atoms with van der Waals surface area (Å²) in [5.41, 5.74) is -0.903. The summed E-state index contributed by atoms with van der Waals surface area (Å²) in [5.74, 6) is 0. The van der Waals surface area contributed by atoms with Crippen LogP contribution in [0.3, 0.4) is 0 Å². The van der Waals surface area contributed by atoms with Crippen molar-refractivity contribution < 1.29 is 5.11 Å². The predicted octanol–water partition coefficient (Wildman–Crippen LogP) is 0.499. The first-order valence-corrected chi connectivity index (χ1v) is 2.64. The number of alkyl halides is 1. The van der Waals surface area contributed by atoms with E-state index in [0.29, 0.717) is 0 Å². The Kier molecular flexibility index (Phi) is 3.34. The van der Waals surface area contributed by atoms with E-state index >= 15 is 0 Å². The van der Waals surface area contributed by atoms with Gasteiger partial charge < -0.3 is 5.11 Å². The van der Waals surface area contributed by atoms with Crippen molar-refractivity contribution in [3.05, 3.63) is 0 Å². The minimum Gasteiger partial charge on any atom is -0.365 e. The Bertz CT molecular complexity index is 41.0. The molecule has 0 spiro atoms. The maximum Gasteiger partial charge on any atom is 0.182 e. The fourth-order valence-corrected chi connectivity index (χ4v) is 0.527. The van der Waals surface area contributed by atoms with Gasteiger partial charge in [-0.1, -0.05) is 11.6 Å². The maximum absolute atomic E-state index is 8.38. The molecule has 2 N–H and O–H groups in total. The zero-order valence-corrected chi connectivity index (χ0v) is 5.24. The van der Waals surface area contributed by atoms with Crippen LogP contribution in [0.25, 0.3) is 0 Å². The maximum atomic E-state index is 8.38. The first kappa shape index (κ1) is 7.21. The molecule has 1 unspecified atom stereocenters. The number of rotatable bonds is 2. The molecule has 0 saturated carbocycles. The molecule has 0 fully saturated rings. The van der Waals surface area contributed by atoms with Crippen LogP contribution in [0.15, 0.2) is 0 Å². The Morgan fingerprint density at radius 1 is 1.57 bits per heavy atom. The van der Waals surface area contributed by atoms with Gasteiger partial charge in [-0.3, -0.25) is 5.32 Å². The highest BCUT2D eigenvalue weighted by molar-refractivity contribution is 6.19. The van der Waals surface area contributed by atoms with Gasteiger partial charge in [0.2, 0.25) is 0 Å². The second kappa shape index (κ2) is 3.24. The third kappa shape index (κ3) is 6.21. The number of hydrogen-bond donors (Lipinski definition) is 2. The Labute approximate surface area is 48.5 Å². The van der Waals surface area contributed by atoms with E-state index in [2.05, 4.69) is 5.32 Å². The minimum absolute atomic E-state index is 0.243. The fraction of sp³-hybridized carbons (Fsp3) is 1.00. The Morgan fingerprint density at radius 3 is 2.00 bits per heavy atom. The summed E-state index contributed by atoms with van der Waals surface area (Å²) in [6.45, 7) is 3.82. The van der Waals surface area contributed by atoms with E-state index in [1.807, 2.05) is 13.8 Å². The highest BCUT2D eigenvalue weighted by atomic mass is 35.5. The molecule has 0 rings (SSSR count). The Morgan fingerprint density at radius 2 is 2.00 bits per heavy atom. The van der Waals surface area contributed by atoms with Crippen molar-refractivity contribution >= 4 is 11.6 Å². The summed E-state index contributed by atoms with van der Waals surface area (Å²) in [5, 5.41) is 11.0. The molecular weight excluding hydrogens is 114 g/mol. The van der Waals surface area contributed by atoms with Gasteiger partial charge in [-0.05, 0) is 13.8 Å². The summed E-state index contributed by atoms with van der Waals surface area (Å²) in [4.78, 5) is 0. The lowest BCUT2D eigenvalue weighted by molar-refractivity contribution is 0.206. The molecule has 0 amide bonds. The zero-order valence-electron chi connectivity index (χ0n) is 4.48. The van der Waals surface area contributed by atoms with Gasteiger partial charge in [0.15, 0.2) is 5.69 Å². The van der Waals surface area contributed by atoms with Crippen molar-refractivity contribution in [3.8, 4) is 0 Å². The van der Waals surface area contributed by atoms with Crippen LogP contribution in [0.1, 0.15) is 13.8 Å². The number of aliphatic hydroxyl groups is 1.